The summed E-state index contributed by atoms with van der Waals surface area (Å²) in [7, 11) is 0. The minimum Gasteiger partial charge on any atom is -0.465 e. The minimum absolute atomic E-state index is 0.0610. The summed E-state index contributed by atoms with van der Waals surface area (Å²) < 4.78 is 5.21. The number of nitrogens with one attached hydrogen (secondary N) is 1. The number of fused-ring (bicyclic) bond motifs is 1. The molecule has 2 aromatic carbocycles. The highest BCUT2D eigenvalue weighted by atomic mass is 35.5. The molecule has 1 atom stereocenters. The fraction of sp³-hybridized carbons (Fsp3) is 0.391. The highest BCUT2D eigenvalue weighted by Crippen LogP contribution is 2.48. The van der Waals surface area contributed by atoms with Crippen molar-refractivity contribution in [1.82, 2.24) is 14.8 Å². The normalized spacial score (nSPS) is 20.6. The largest absolute Gasteiger partial charge is 0.465 e. The maximum absolute atomic E-state index is 11.5. The minimum atomic E-state index is -0.851. The Morgan fingerprint density at radius 2 is 1.84 bits per heavy atom. The Bertz CT molecular complexity index is 1210. The summed E-state index contributed by atoms with van der Waals surface area (Å²) in [6.07, 6.45) is 1.60. The van der Waals surface area contributed by atoms with Gasteiger partial charge in [0.1, 0.15) is 0 Å². The van der Waals surface area contributed by atoms with Gasteiger partial charge in [-0.15, -0.1) is 0 Å². The zero-order valence-electron chi connectivity index (χ0n) is 17.3. The van der Waals surface area contributed by atoms with E-state index in [-0.39, 0.29) is 11.5 Å². The summed E-state index contributed by atoms with van der Waals surface area (Å²) in [5.74, 6) is -0.457. The van der Waals surface area contributed by atoms with E-state index in [0.29, 0.717) is 40.8 Å². The van der Waals surface area contributed by atoms with Gasteiger partial charge in [-0.25, -0.2) is 9.59 Å². The molecule has 168 valence electrons. The number of piperidine rings is 1. The molecule has 9 heteroatoms. The number of aromatic amines is 1. The van der Waals surface area contributed by atoms with Crippen LogP contribution in [0.2, 0.25) is 10.0 Å². The van der Waals surface area contributed by atoms with Crippen LogP contribution in [-0.4, -0.2) is 51.7 Å². The number of benzene rings is 2. The number of hydrogen-bond acceptors (Lipinski definition) is 4. The van der Waals surface area contributed by atoms with Crippen LogP contribution in [-0.2, 0) is 13.0 Å². The molecule has 32 heavy (non-hydrogen) atoms. The van der Waals surface area contributed by atoms with Crippen LogP contribution in [0.15, 0.2) is 45.6 Å². The number of halogens is 2. The van der Waals surface area contributed by atoms with Crippen molar-refractivity contribution in [2.75, 3.05) is 19.6 Å². The average Bonchev–Trinajstić information content (AvgIpc) is 3.11. The smallest absolute Gasteiger partial charge is 0.417 e. The highest BCUT2D eigenvalue weighted by Gasteiger charge is 2.53. The van der Waals surface area contributed by atoms with Gasteiger partial charge < -0.3 is 14.4 Å². The van der Waals surface area contributed by atoms with Gasteiger partial charge in [-0.05, 0) is 60.7 Å². The van der Waals surface area contributed by atoms with E-state index >= 15 is 0 Å². The quantitative estimate of drug-likeness (QED) is 0.574. The molecule has 1 amide bonds. The van der Waals surface area contributed by atoms with Crippen LogP contribution >= 0.6 is 23.2 Å². The summed E-state index contributed by atoms with van der Waals surface area (Å²) in [4.78, 5) is 29.4. The molecule has 0 aliphatic carbocycles. The van der Waals surface area contributed by atoms with E-state index in [1.165, 1.54) is 4.90 Å². The Balaban J connectivity index is 1.39. The number of carboxylic acid groups (broad SMARTS) is 1. The van der Waals surface area contributed by atoms with Crippen molar-refractivity contribution in [3.63, 3.8) is 0 Å². The van der Waals surface area contributed by atoms with Crippen molar-refractivity contribution < 1.29 is 14.3 Å². The van der Waals surface area contributed by atoms with Crippen molar-refractivity contribution in [2.24, 2.45) is 5.41 Å². The van der Waals surface area contributed by atoms with Crippen molar-refractivity contribution in [2.45, 2.75) is 31.8 Å². The first-order valence-corrected chi connectivity index (χ1v) is 11.4. The second kappa shape index (κ2) is 8.14. The summed E-state index contributed by atoms with van der Waals surface area (Å²) in [6.45, 7) is 2.72. The van der Waals surface area contributed by atoms with E-state index in [9.17, 15) is 14.7 Å². The van der Waals surface area contributed by atoms with Crippen molar-refractivity contribution in [1.29, 1.82) is 0 Å². The molecule has 7 nitrogen and oxygen atoms in total. The van der Waals surface area contributed by atoms with E-state index in [4.69, 9.17) is 27.6 Å². The molecule has 2 fully saturated rings. The lowest BCUT2D eigenvalue weighted by molar-refractivity contribution is -0.110. The molecule has 3 aromatic rings. The predicted molar refractivity (Wildman–Crippen MR) is 122 cm³/mol. The lowest BCUT2D eigenvalue weighted by atomic mass is 9.63. The molecule has 2 aliphatic heterocycles. The molecular formula is C23H23Cl2N3O4. The zero-order valence-corrected chi connectivity index (χ0v) is 18.8. The molecule has 1 aromatic heterocycles. The third-order valence-electron chi connectivity index (χ3n) is 6.92. The van der Waals surface area contributed by atoms with E-state index in [2.05, 4.69) is 9.88 Å². The van der Waals surface area contributed by atoms with E-state index < -0.39 is 11.8 Å². The van der Waals surface area contributed by atoms with Crippen LogP contribution in [0.1, 0.15) is 24.0 Å². The molecule has 5 rings (SSSR count). The first-order valence-electron chi connectivity index (χ1n) is 10.6. The number of hydrogen-bond donors (Lipinski definition) is 2. The summed E-state index contributed by atoms with van der Waals surface area (Å²) in [5, 5.41) is 10.6. The van der Waals surface area contributed by atoms with E-state index in [0.717, 1.165) is 36.9 Å². The molecule has 2 N–H and O–H groups in total. The number of aromatic nitrogens is 1. The Morgan fingerprint density at radius 3 is 2.53 bits per heavy atom. The first kappa shape index (κ1) is 21.4. The van der Waals surface area contributed by atoms with Gasteiger partial charge >= 0.3 is 11.8 Å². The zero-order chi connectivity index (χ0) is 22.5. The standard InChI is InChI=1S/C23H23Cl2N3O4/c24-16-7-15(8-17(25)11-16)10-20-23(3-5-27(6-4-23)22(30)31)13-28(20)12-14-1-2-18-19(9-14)32-21(29)26-18/h1-2,7-9,11,20H,3-6,10,12-13H2,(H,26,29)(H,30,31). The van der Waals surface area contributed by atoms with Crippen LogP contribution in [0.25, 0.3) is 11.1 Å². The average molecular weight is 476 g/mol. The van der Waals surface area contributed by atoms with Gasteiger partial charge in [-0.1, -0.05) is 29.3 Å². The van der Waals surface area contributed by atoms with Gasteiger partial charge in [0.25, 0.3) is 0 Å². The Hall–Kier alpha value is -2.48. The fourth-order valence-electron chi connectivity index (χ4n) is 5.32. The molecule has 3 heterocycles. The monoisotopic (exact) mass is 475 g/mol. The van der Waals surface area contributed by atoms with E-state index in [1.54, 1.807) is 6.07 Å². The van der Waals surface area contributed by atoms with Crippen LogP contribution in [0.3, 0.4) is 0 Å². The Morgan fingerprint density at radius 1 is 1.12 bits per heavy atom. The predicted octanol–water partition coefficient (Wildman–Crippen LogP) is 4.62. The van der Waals surface area contributed by atoms with Crippen LogP contribution in [0, 0.1) is 5.41 Å². The number of oxazole rings is 1. The Kier molecular flexibility index (Phi) is 5.43. The third kappa shape index (κ3) is 4.00. The molecule has 0 bridgehead atoms. The molecule has 2 aliphatic rings. The fourth-order valence-corrected chi connectivity index (χ4v) is 5.89. The third-order valence-corrected chi connectivity index (χ3v) is 7.35. The number of carbonyl (C=O) groups is 1. The summed E-state index contributed by atoms with van der Waals surface area (Å²) in [6, 6.07) is 11.6. The maximum Gasteiger partial charge on any atom is 0.417 e. The number of H-pyrrole nitrogens is 1. The molecule has 2 saturated heterocycles. The summed E-state index contributed by atoms with van der Waals surface area (Å²) >= 11 is 12.5. The second-order valence-electron chi connectivity index (χ2n) is 8.88. The topological polar surface area (TPSA) is 89.8 Å². The van der Waals surface area contributed by atoms with Crippen molar-refractivity contribution in [3.8, 4) is 0 Å². The van der Waals surface area contributed by atoms with Crippen LogP contribution in [0.5, 0.6) is 0 Å². The van der Waals surface area contributed by atoms with Crippen LogP contribution in [0.4, 0.5) is 4.79 Å². The maximum atomic E-state index is 11.5. The lowest BCUT2D eigenvalue weighted by Gasteiger charge is -2.60. The number of nitrogens with zero attached hydrogens (tertiary/aromatic N) is 2. The van der Waals surface area contributed by atoms with Gasteiger partial charge in [-0.2, -0.15) is 0 Å². The summed E-state index contributed by atoms with van der Waals surface area (Å²) in [5.41, 5.74) is 3.43. The SMILES string of the molecule is O=C(O)N1CCC2(CC1)CN(Cc1ccc3[nH]c(=O)oc3c1)C2Cc1cc(Cl)cc(Cl)c1. The lowest BCUT2D eigenvalue weighted by Crippen LogP contribution is -2.67. The van der Waals surface area contributed by atoms with Gasteiger partial charge in [0.2, 0.25) is 0 Å². The van der Waals surface area contributed by atoms with Gasteiger partial charge in [0.15, 0.2) is 5.58 Å². The van der Waals surface area contributed by atoms with Gasteiger partial charge in [0, 0.05) is 47.7 Å². The van der Waals surface area contributed by atoms with Crippen molar-refractivity contribution in [3.05, 3.63) is 68.1 Å². The molecule has 0 saturated carbocycles. The molecule has 1 spiro atoms. The van der Waals surface area contributed by atoms with Gasteiger partial charge in [0.05, 0.1) is 5.52 Å². The Labute approximate surface area is 194 Å². The molecular weight excluding hydrogens is 453 g/mol. The van der Waals surface area contributed by atoms with Crippen molar-refractivity contribution >= 4 is 40.4 Å². The molecule has 0 radical (unpaired) electrons. The number of likely N-dealkylation sites (tertiary alicyclic amines) is 2. The number of amides is 1. The number of rotatable bonds is 4. The van der Waals surface area contributed by atoms with Crippen LogP contribution < -0.4 is 5.76 Å². The van der Waals surface area contributed by atoms with Gasteiger partial charge in [-0.3, -0.25) is 9.88 Å². The first-order chi connectivity index (χ1) is 15.3. The second-order valence-corrected chi connectivity index (χ2v) is 9.75. The van der Waals surface area contributed by atoms with E-state index in [1.807, 2.05) is 30.3 Å². The highest BCUT2D eigenvalue weighted by molar-refractivity contribution is 6.34. The molecule has 1 unspecified atom stereocenters.